The van der Waals surface area contributed by atoms with E-state index in [0.717, 1.165) is 19.6 Å². The van der Waals surface area contributed by atoms with E-state index in [2.05, 4.69) is 10.2 Å². The van der Waals surface area contributed by atoms with Crippen LogP contribution in [0.2, 0.25) is 0 Å². The van der Waals surface area contributed by atoms with Gasteiger partial charge in [0, 0.05) is 18.7 Å². The molecule has 0 aliphatic carbocycles. The van der Waals surface area contributed by atoms with Gasteiger partial charge in [0.25, 0.3) is 5.91 Å². The predicted molar refractivity (Wildman–Crippen MR) is 64.4 cm³/mol. The van der Waals surface area contributed by atoms with Crippen molar-refractivity contribution in [3.63, 3.8) is 0 Å². The summed E-state index contributed by atoms with van der Waals surface area (Å²) in [4.78, 5) is 14.0. The largest absolute Gasteiger partial charge is 0.351 e. The minimum atomic E-state index is -0.378. The summed E-state index contributed by atoms with van der Waals surface area (Å²) >= 11 is 0. The minimum Gasteiger partial charge on any atom is -0.351 e. The summed E-state index contributed by atoms with van der Waals surface area (Å²) in [6, 6.07) is 5.76. The van der Waals surface area contributed by atoms with Crippen molar-refractivity contribution in [2.45, 2.75) is 12.8 Å². The Morgan fingerprint density at radius 3 is 2.82 bits per heavy atom. The van der Waals surface area contributed by atoms with Crippen molar-refractivity contribution in [2.75, 3.05) is 26.2 Å². The highest BCUT2D eigenvalue weighted by Gasteiger charge is 2.11. The Morgan fingerprint density at radius 1 is 1.35 bits per heavy atom. The number of nitrogens with zero attached hydrogens (tertiary/aromatic N) is 1. The van der Waals surface area contributed by atoms with Gasteiger partial charge in [-0.25, -0.2) is 4.39 Å². The summed E-state index contributed by atoms with van der Waals surface area (Å²) < 4.78 is 12.9. The van der Waals surface area contributed by atoms with Crippen LogP contribution in [0.15, 0.2) is 24.3 Å². The highest BCUT2D eigenvalue weighted by Crippen LogP contribution is 2.06. The van der Waals surface area contributed by atoms with E-state index in [1.54, 1.807) is 12.1 Å². The molecule has 0 aromatic heterocycles. The predicted octanol–water partition coefficient (Wildman–Crippen LogP) is 1.65. The topological polar surface area (TPSA) is 32.3 Å². The van der Waals surface area contributed by atoms with Crippen LogP contribution in [0.1, 0.15) is 23.2 Å². The Hall–Kier alpha value is -1.42. The molecular weight excluding hydrogens is 219 g/mol. The van der Waals surface area contributed by atoms with E-state index in [4.69, 9.17) is 0 Å². The lowest BCUT2D eigenvalue weighted by Gasteiger charge is -2.14. The van der Waals surface area contributed by atoms with Crippen molar-refractivity contribution in [1.29, 1.82) is 0 Å². The molecule has 0 unspecified atom stereocenters. The number of likely N-dealkylation sites (tertiary alicyclic amines) is 1. The standard InChI is InChI=1S/C13H17FN2O/c14-12-5-3-4-11(10-12)13(17)15-6-9-16-7-1-2-8-16/h3-5,10H,1-2,6-9H2,(H,15,17). The summed E-state index contributed by atoms with van der Waals surface area (Å²) in [6.07, 6.45) is 2.50. The van der Waals surface area contributed by atoms with Crippen molar-refractivity contribution in [2.24, 2.45) is 0 Å². The molecule has 1 amide bonds. The molecule has 92 valence electrons. The number of benzene rings is 1. The van der Waals surface area contributed by atoms with Gasteiger partial charge in [-0.2, -0.15) is 0 Å². The normalized spacial score (nSPS) is 16.1. The molecule has 1 fully saturated rings. The van der Waals surface area contributed by atoms with Gasteiger partial charge in [0.05, 0.1) is 0 Å². The molecule has 0 saturated carbocycles. The lowest BCUT2D eigenvalue weighted by Crippen LogP contribution is -2.33. The smallest absolute Gasteiger partial charge is 0.251 e. The summed E-state index contributed by atoms with van der Waals surface area (Å²) in [5.74, 6) is -0.583. The molecule has 1 aliphatic rings. The van der Waals surface area contributed by atoms with Crippen molar-refractivity contribution >= 4 is 5.91 Å². The van der Waals surface area contributed by atoms with Gasteiger partial charge in [-0.05, 0) is 44.1 Å². The Kier molecular flexibility index (Phi) is 4.09. The molecule has 1 heterocycles. The molecule has 1 aromatic rings. The number of amides is 1. The highest BCUT2D eigenvalue weighted by molar-refractivity contribution is 5.94. The van der Waals surface area contributed by atoms with E-state index in [9.17, 15) is 9.18 Å². The van der Waals surface area contributed by atoms with Crippen molar-refractivity contribution < 1.29 is 9.18 Å². The number of hydrogen-bond acceptors (Lipinski definition) is 2. The molecule has 1 aliphatic heterocycles. The third kappa shape index (κ3) is 3.53. The fourth-order valence-corrected chi connectivity index (χ4v) is 2.07. The molecule has 1 saturated heterocycles. The molecule has 2 rings (SSSR count). The second-order valence-electron chi connectivity index (χ2n) is 4.31. The summed E-state index contributed by atoms with van der Waals surface area (Å²) in [5, 5.41) is 2.81. The van der Waals surface area contributed by atoms with Gasteiger partial charge in [-0.15, -0.1) is 0 Å². The fraction of sp³-hybridized carbons (Fsp3) is 0.462. The third-order valence-corrected chi connectivity index (χ3v) is 3.00. The molecule has 0 radical (unpaired) electrons. The first kappa shape index (κ1) is 12.0. The molecule has 17 heavy (non-hydrogen) atoms. The van der Waals surface area contributed by atoms with Crippen LogP contribution in [0.4, 0.5) is 4.39 Å². The van der Waals surface area contributed by atoms with Crippen LogP contribution in [-0.4, -0.2) is 37.0 Å². The zero-order chi connectivity index (χ0) is 12.1. The van der Waals surface area contributed by atoms with Gasteiger partial charge < -0.3 is 10.2 Å². The molecule has 3 nitrogen and oxygen atoms in total. The molecule has 1 N–H and O–H groups in total. The molecule has 0 bridgehead atoms. The quantitative estimate of drug-likeness (QED) is 0.862. The van der Waals surface area contributed by atoms with Crippen molar-refractivity contribution in [1.82, 2.24) is 10.2 Å². The summed E-state index contributed by atoms with van der Waals surface area (Å²) in [7, 11) is 0. The monoisotopic (exact) mass is 236 g/mol. The van der Waals surface area contributed by atoms with Gasteiger partial charge in [-0.3, -0.25) is 4.79 Å². The zero-order valence-electron chi connectivity index (χ0n) is 9.79. The first-order valence-electron chi connectivity index (χ1n) is 6.02. The first-order valence-corrected chi connectivity index (χ1v) is 6.02. The summed E-state index contributed by atoms with van der Waals surface area (Å²) in [6.45, 7) is 3.74. The van der Waals surface area contributed by atoms with E-state index < -0.39 is 0 Å². The van der Waals surface area contributed by atoms with Crippen LogP contribution < -0.4 is 5.32 Å². The van der Waals surface area contributed by atoms with E-state index in [1.165, 1.54) is 25.0 Å². The average Bonchev–Trinajstić information content (AvgIpc) is 2.82. The SMILES string of the molecule is O=C(NCCN1CCCC1)c1cccc(F)c1. The molecular formula is C13H17FN2O. The number of carbonyl (C=O) groups is 1. The van der Waals surface area contributed by atoms with Crippen molar-refractivity contribution in [3.05, 3.63) is 35.6 Å². The molecule has 0 atom stereocenters. The van der Waals surface area contributed by atoms with Gasteiger partial charge in [0.1, 0.15) is 5.82 Å². The Morgan fingerprint density at radius 2 is 2.12 bits per heavy atom. The number of carbonyl (C=O) groups excluding carboxylic acids is 1. The van der Waals surface area contributed by atoms with Gasteiger partial charge >= 0.3 is 0 Å². The second-order valence-corrected chi connectivity index (χ2v) is 4.31. The van der Waals surface area contributed by atoms with E-state index in [1.807, 2.05) is 0 Å². The molecule has 0 spiro atoms. The fourth-order valence-electron chi connectivity index (χ4n) is 2.07. The minimum absolute atomic E-state index is 0.205. The van der Waals surface area contributed by atoms with Gasteiger partial charge in [0.2, 0.25) is 0 Å². The highest BCUT2D eigenvalue weighted by atomic mass is 19.1. The number of hydrogen-bond donors (Lipinski definition) is 1. The Bertz CT molecular complexity index is 389. The second kappa shape index (κ2) is 5.77. The Labute approximate surface area is 101 Å². The molecule has 4 heteroatoms. The van der Waals surface area contributed by atoms with E-state index in [-0.39, 0.29) is 11.7 Å². The number of nitrogens with one attached hydrogen (secondary N) is 1. The van der Waals surface area contributed by atoms with Crippen LogP contribution in [0.25, 0.3) is 0 Å². The number of rotatable bonds is 4. The van der Waals surface area contributed by atoms with Crippen LogP contribution in [0, 0.1) is 5.82 Å². The maximum atomic E-state index is 12.9. The zero-order valence-corrected chi connectivity index (χ0v) is 9.79. The first-order chi connectivity index (χ1) is 8.25. The lowest BCUT2D eigenvalue weighted by atomic mass is 10.2. The van der Waals surface area contributed by atoms with Crippen molar-refractivity contribution in [3.8, 4) is 0 Å². The lowest BCUT2D eigenvalue weighted by molar-refractivity contribution is 0.0949. The number of halogens is 1. The van der Waals surface area contributed by atoms with Crippen LogP contribution in [-0.2, 0) is 0 Å². The van der Waals surface area contributed by atoms with Gasteiger partial charge in [-0.1, -0.05) is 6.07 Å². The van der Waals surface area contributed by atoms with E-state index >= 15 is 0 Å². The third-order valence-electron chi connectivity index (χ3n) is 3.00. The van der Waals surface area contributed by atoms with Gasteiger partial charge in [0.15, 0.2) is 0 Å². The van der Waals surface area contributed by atoms with Crippen LogP contribution in [0.3, 0.4) is 0 Å². The molecule has 1 aromatic carbocycles. The average molecular weight is 236 g/mol. The summed E-state index contributed by atoms with van der Waals surface area (Å²) in [5.41, 5.74) is 0.381. The van der Waals surface area contributed by atoms with E-state index in [0.29, 0.717) is 12.1 Å². The Balaban J connectivity index is 1.77. The van der Waals surface area contributed by atoms with Crippen LogP contribution in [0.5, 0.6) is 0 Å². The maximum Gasteiger partial charge on any atom is 0.251 e. The maximum absolute atomic E-state index is 12.9. The van der Waals surface area contributed by atoms with Crippen LogP contribution >= 0.6 is 0 Å².